The Morgan fingerprint density at radius 1 is 1.23 bits per heavy atom. The van der Waals surface area contributed by atoms with Crippen LogP contribution in [0.25, 0.3) is 5.65 Å². The van der Waals surface area contributed by atoms with Gasteiger partial charge in [-0.3, -0.25) is 9.69 Å². The molecule has 1 N–H and O–H groups in total. The van der Waals surface area contributed by atoms with Crippen molar-refractivity contribution in [1.29, 1.82) is 0 Å². The molecule has 136 valence electrons. The van der Waals surface area contributed by atoms with Gasteiger partial charge in [0, 0.05) is 48.3 Å². The topological polar surface area (TPSA) is 88.4 Å². The Kier molecular flexibility index (Phi) is 4.29. The number of morpholine rings is 1. The number of hydrogen-bond acceptors (Lipinski definition) is 6. The van der Waals surface area contributed by atoms with Gasteiger partial charge in [-0.1, -0.05) is 0 Å². The first-order valence-corrected chi connectivity index (χ1v) is 8.72. The molecule has 1 saturated heterocycles. The van der Waals surface area contributed by atoms with Crippen molar-refractivity contribution in [3.05, 3.63) is 57.2 Å². The van der Waals surface area contributed by atoms with Gasteiger partial charge in [0.05, 0.1) is 12.8 Å². The van der Waals surface area contributed by atoms with Crippen molar-refractivity contribution in [2.45, 2.75) is 33.4 Å². The lowest BCUT2D eigenvalue weighted by molar-refractivity contribution is -0.0373. The highest BCUT2D eigenvalue weighted by atomic mass is 16.5. The van der Waals surface area contributed by atoms with Crippen molar-refractivity contribution in [3.8, 4) is 0 Å². The van der Waals surface area contributed by atoms with E-state index in [0.717, 1.165) is 35.7 Å². The minimum absolute atomic E-state index is 0.147. The van der Waals surface area contributed by atoms with E-state index in [4.69, 9.17) is 4.74 Å². The van der Waals surface area contributed by atoms with E-state index in [1.165, 1.54) is 6.07 Å². The molecule has 8 heteroatoms. The van der Waals surface area contributed by atoms with Crippen LogP contribution in [0.15, 0.2) is 23.1 Å². The van der Waals surface area contributed by atoms with E-state index in [1.54, 1.807) is 0 Å². The summed E-state index contributed by atoms with van der Waals surface area (Å²) in [6, 6.07) is 3.51. The SMILES string of the molecule is Cc1cc(=O)[nH]c(C2CN(Cc3cnn4c(C)cc(C)nc34)CCO2)n1. The van der Waals surface area contributed by atoms with Crippen LogP contribution in [-0.4, -0.2) is 49.2 Å². The molecule has 1 unspecified atom stereocenters. The first-order chi connectivity index (χ1) is 12.5. The Balaban J connectivity index is 1.56. The molecule has 4 rings (SSSR count). The summed E-state index contributed by atoms with van der Waals surface area (Å²) in [5.74, 6) is 0.587. The lowest BCUT2D eigenvalue weighted by Crippen LogP contribution is -2.39. The van der Waals surface area contributed by atoms with Gasteiger partial charge in [-0.25, -0.2) is 14.5 Å². The fourth-order valence-corrected chi connectivity index (χ4v) is 3.43. The number of H-pyrrole nitrogens is 1. The molecule has 26 heavy (non-hydrogen) atoms. The maximum absolute atomic E-state index is 11.7. The highest BCUT2D eigenvalue weighted by Gasteiger charge is 2.25. The Morgan fingerprint density at radius 3 is 2.85 bits per heavy atom. The van der Waals surface area contributed by atoms with Gasteiger partial charge in [0.1, 0.15) is 11.9 Å². The van der Waals surface area contributed by atoms with E-state index < -0.39 is 0 Å². The van der Waals surface area contributed by atoms with Crippen molar-refractivity contribution < 1.29 is 4.74 Å². The number of aromatic nitrogens is 5. The second-order valence-electron chi connectivity index (χ2n) is 6.81. The number of ether oxygens (including phenoxy) is 1. The molecule has 0 aliphatic carbocycles. The van der Waals surface area contributed by atoms with Gasteiger partial charge >= 0.3 is 0 Å². The maximum atomic E-state index is 11.7. The smallest absolute Gasteiger partial charge is 0.251 e. The second kappa shape index (κ2) is 6.62. The van der Waals surface area contributed by atoms with Gasteiger partial charge in [-0.15, -0.1) is 0 Å². The van der Waals surface area contributed by atoms with Crippen molar-refractivity contribution in [3.63, 3.8) is 0 Å². The van der Waals surface area contributed by atoms with Crippen LogP contribution in [0.4, 0.5) is 0 Å². The Bertz CT molecular complexity index is 1010. The summed E-state index contributed by atoms with van der Waals surface area (Å²) in [5, 5.41) is 4.46. The lowest BCUT2D eigenvalue weighted by Gasteiger charge is -2.32. The second-order valence-corrected chi connectivity index (χ2v) is 6.81. The van der Waals surface area contributed by atoms with Crippen LogP contribution < -0.4 is 5.56 Å². The molecule has 0 spiro atoms. The van der Waals surface area contributed by atoms with E-state index in [1.807, 2.05) is 37.5 Å². The average Bonchev–Trinajstić information content (AvgIpc) is 2.97. The van der Waals surface area contributed by atoms with Crippen molar-refractivity contribution in [1.82, 2.24) is 29.5 Å². The van der Waals surface area contributed by atoms with Crippen LogP contribution >= 0.6 is 0 Å². The predicted molar refractivity (Wildman–Crippen MR) is 96.0 cm³/mol. The molecule has 3 aromatic heterocycles. The lowest BCUT2D eigenvalue weighted by atomic mass is 10.2. The predicted octanol–water partition coefficient (Wildman–Crippen LogP) is 1.31. The Hall–Kier alpha value is -2.58. The molecule has 0 bridgehead atoms. The van der Waals surface area contributed by atoms with Crippen molar-refractivity contribution in [2.75, 3.05) is 19.7 Å². The van der Waals surface area contributed by atoms with Crippen LogP contribution in [0.3, 0.4) is 0 Å². The third-order valence-corrected chi connectivity index (χ3v) is 4.59. The zero-order valence-corrected chi connectivity index (χ0v) is 15.2. The van der Waals surface area contributed by atoms with Crippen molar-refractivity contribution in [2.24, 2.45) is 0 Å². The molecule has 0 saturated carbocycles. The number of aryl methyl sites for hydroxylation is 3. The molecule has 0 aromatic carbocycles. The molecule has 1 aliphatic rings. The van der Waals surface area contributed by atoms with Crippen LogP contribution in [0.2, 0.25) is 0 Å². The summed E-state index contributed by atoms with van der Waals surface area (Å²) in [7, 11) is 0. The molecule has 8 nitrogen and oxygen atoms in total. The minimum atomic E-state index is -0.241. The zero-order valence-electron chi connectivity index (χ0n) is 15.2. The number of hydrogen-bond donors (Lipinski definition) is 1. The summed E-state index contributed by atoms with van der Waals surface area (Å²) in [5.41, 5.74) is 4.59. The summed E-state index contributed by atoms with van der Waals surface area (Å²) in [4.78, 5) is 25.9. The fourth-order valence-electron chi connectivity index (χ4n) is 3.43. The molecular formula is C18H22N6O2. The van der Waals surface area contributed by atoms with Crippen LogP contribution in [0.5, 0.6) is 0 Å². The van der Waals surface area contributed by atoms with E-state index in [9.17, 15) is 4.79 Å². The van der Waals surface area contributed by atoms with E-state index in [0.29, 0.717) is 24.7 Å². The quantitative estimate of drug-likeness (QED) is 0.763. The van der Waals surface area contributed by atoms with E-state index in [-0.39, 0.29) is 11.7 Å². The maximum Gasteiger partial charge on any atom is 0.251 e. The number of rotatable bonds is 3. The van der Waals surface area contributed by atoms with Gasteiger partial charge in [-0.05, 0) is 26.8 Å². The van der Waals surface area contributed by atoms with Gasteiger partial charge in [0.2, 0.25) is 0 Å². The Morgan fingerprint density at radius 2 is 2.04 bits per heavy atom. The third kappa shape index (κ3) is 3.25. The zero-order chi connectivity index (χ0) is 18.3. The molecule has 4 heterocycles. The highest BCUT2D eigenvalue weighted by Crippen LogP contribution is 2.21. The first kappa shape index (κ1) is 16.9. The number of aromatic amines is 1. The molecule has 1 atom stereocenters. The van der Waals surface area contributed by atoms with Crippen LogP contribution in [-0.2, 0) is 11.3 Å². The number of fused-ring (bicyclic) bond motifs is 1. The first-order valence-electron chi connectivity index (χ1n) is 8.72. The number of nitrogens with one attached hydrogen (secondary N) is 1. The van der Waals surface area contributed by atoms with Gasteiger partial charge in [0.15, 0.2) is 5.65 Å². The molecule has 0 amide bonds. The fraction of sp³-hybridized carbons (Fsp3) is 0.444. The average molecular weight is 354 g/mol. The monoisotopic (exact) mass is 354 g/mol. The third-order valence-electron chi connectivity index (χ3n) is 4.59. The van der Waals surface area contributed by atoms with Crippen molar-refractivity contribution >= 4 is 5.65 Å². The van der Waals surface area contributed by atoms with E-state index in [2.05, 4.69) is 25.0 Å². The highest BCUT2D eigenvalue weighted by molar-refractivity contribution is 5.47. The normalized spacial score (nSPS) is 18.5. The molecular weight excluding hydrogens is 332 g/mol. The molecule has 1 fully saturated rings. The molecule has 3 aromatic rings. The number of nitrogens with zero attached hydrogens (tertiary/aromatic N) is 5. The minimum Gasteiger partial charge on any atom is -0.368 e. The van der Waals surface area contributed by atoms with Crippen LogP contribution in [0.1, 0.15) is 34.6 Å². The van der Waals surface area contributed by atoms with Crippen LogP contribution in [0, 0.1) is 20.8 Å². The summed E-state index contributed by atoms with van der Waals surface area (Å²) in [6.45, 7) is 8.64. The largest absolute Gasteiger partial charge is 0.368 e. The van der Waals surface area contributed by atoms with Gasteiger partial charge < -0.3 is 9.72 Å². The Labute approximate surface area is 150 Å². The summed E-state index contributed by atoms with van der Waals surface area (Å²) >= 11 is 0. The van der Waals surface area contributed by atoms with E-state index >= 15 is 0 Å². The summed E-state index contributed by atoms with van der Waals surface area (Å²) < 4.78 is 7.71. The van der Waals surface area contributed by atoms with Gasteiger partial charge in [0.25, 0.3) is 5.56 Å². The van der Waals surface area contributed by atoms with Gasteiger partial charge in [-0.2, -0.15) is 5.10 Å². The summed E-state index contributed by atoms with van der Waals surface area (Å²) in [6.07, 6.45) is 1.64. The molecule has 0 radical (unpaired) electrons. The molecule has 1 aliphatic heterocycles. The standard InChI is InChI=1S/C18H22N6O2/c1-11-6-13(3)24-18(21-11)14(8-19-24)9-23-4-5-26-15(10-23)17-20-12(2)7-16(25)22-17/h6-8,15H,4-5,9-10H2,1-3H3,(H,20,22,25).